The molecule has 18 heavy (non-hydrogen) atoms. The molecule has 96 valence electrons. The lowest BCUT2D eigenvalue weighted by Crippen LogP contribution is -2.09. The first-order chi connectivity index (χ1) is 8.65. The van der Waals surface area contributed by atoms with Crippen molar-refractivity contribution in [2.75, 3.05) is 5.32 Å². The average Bonchev–Trinajstić information content (AvgIpc) is 2.82. The Bertz CT molecular complexity index is 500. The SMILES string of the molecule is CC(C)Oc1ccc(Cl)cc1CNc1nn[nH]n1. The summed E-state index contributed by atoms with van der Waals surface area (Å²) in [4.78, 5) is 0. The lowest BCUT2D eigenvalue weighted by atomic mass is 10.2. The van der Waals surface area contributed by atoms with Crippen LogP contribution in [-0.2, 0) is 6.54 Å². The quantitative estimate of drug-likeness (QED) is 0.869. The van der Waals surface area contributed by atoms with Crippen molar-refractivity contribution in [3.8, 4) is 5.75 Å². The molecule has 2 aromatic rings. The van der Waals surface area contributed by atoms with Crippen LogP contribution in [0.15, 0.2) is 18.2 Å². The topological polar surface area (TPSA) is 75.7 Å². The van der Waals surface area contributed by atoms with Crippen molar-refractivity contribution < 1.29 is 4.74 Å². The maximum Gasteiger partial charge on any atom is 0.263 e. The summed E-state index contributed by atoms with van der Waals surface area (Å²) in [6.45, 7) is 4.47. The highest BCUT2D eigenvalue weighted by Gasteiger charge is 2.07. The van der Waals surface area contributed by atoms with Gasteiger partial charge in [-0.2, -0.15) is 5.21 Å². The highest BCUT2D eigenvalue weighted by molar-refractivity contribution is 6.30. The predicted molar refractivity (Wildman–Crippen MR) is 68.7 cm³/mol. The summed E-state index contributed by atoms with van der Waals surface area (Å²) < 4.78 is 5.71. The van der Waals surface area contributed by atoms with E-state index in [1.165, 1.54) is 0 Å². The smallest absolute Gasteiger partial charge is 0.263 e. The van der Waals surface area contributed by atoms with Gasteiger partial charge in [-0.3, -0.25) is 0 Å². The number of ether oxygens (including phenoxy) is 1. The van der Waals surface area contributed by atoms with E-state index in [1.54, 1.807) is 6.07 Å². The molecule has 0 atom stereocenters. The van der Waals surface area contributed by atoms with Crippen LogP contribution >= 0.6 is 11.6 Å². The molecule has 1 aromatic heterocycles. The summed E-state index contributed by atoms with van der Waals surface area (Å²) in [5.74, 6) is 1.23. The van der Waals surface area contributed by atoms with Crippen molar-refractivity contribution in [2.24, 2.45) is 0 Å². The van der Waals surface area contributed by atoms with Gasteiger partial charge in [-0.25, -0.2) is 0 Å². The molecular formula is C11H14ClN5O. The maximum atomic E-state index is 5.98. The third-order valence-electron chi connectivity index (χ3n) is 2.17. The van der Waals surface area contributed by atoms with Gasteiger partial charge in [-0.05, 0) is 37.3 Å². The van der Waals surface area contributed by atoms with Crippen molar-refractivity contribution in [2.45, 2.75) is 26.5 Å². The van der Waals surface area contributed by atoms with E-state index in [2.05, 4.69) is 25.9 Å². The summed E-state index contributed by atoms with van der Waals surface area (Å²) in [6, 6.07) is 5.51. The van der Waals surface area contributed by atoms with Crippen LogP contribution in [-0.4, -0.2) is 26.7 Å². The van der Waals surface area contributed by atoms with Gasteiger partial charge in [-0.1, -0.05) is 16.7 Å². The summed E-state index contributed by atoms with van der Waals surface area (Å²) in [6.07, 6.45) is 0.107. The number of aromatic amines is 1. The number of anilines is 1. The van der Waals surface area contributed by atoms with Gasteiger partial charge in [0.25, 0.3) is 5.95 Å². The third kappa shape index (κ3) is 3.33. The van der Waals surface area contributed by atoms with Crippen LogP contribution in [0.1, 0.15) is 19.4 Å². The third-order valence-corrected chi connectivity index (χ3v) is 2.40. The van der Waals surface area contributed by atoms with E-state index >= 15 is 0 Å². The standard InChI is InChI=1S/C11H14ClN5O/c1-7(2)18-10-4-3-9(12)5-8(10)6-13-11-14-16-17-15-11/h3-5,7H,6H2,1-2H3,(H2,13,14,15,16,17). The first kappa shape index (κ1) is 12.6. The fraction of sp³-hybridized carbons (Fsp3) is 0.364. The number of benzene rings is 1. The number of hydrogen-bond acceptors (Lipinski definition) is 5. The first-order valence-electron chi connectivity index (χ1n) is 5.57. The number of H-pyrrole nitrogens is 1. The number of tetrazole rings is 1. The number of hydrogen-bond donors (Lipinski definition) is 2. The Hall–Kier alpha value is -1.82. The monoisotopic (exact) mass is 267 g/mol. The minimum atomic E-state index is 0.107. The Kier molecular flexibility index (Phi) is 3.99. The van der Waals surface area contributed by atoms with Gasteiger partial charge >= 0.3 is 0 Å². The zero-order valence-electron chi connectivity index (χ0n) is 10.1. The molecule has 0 aliphatic carbocycles. The highest BCUT2D eigenvalue weighted by Crippen LogP contribution is 2.24. The molecule has 2 N–H and O–H groups in total. The minimum Gasteiger partial charge on any atom is -0.491 e. The number of halogens is 1. The van der Waals surface area contributed by atoms with Crippen LogP contribution in [0.4, 0.5) is 5.95 Å². The number of nitrogens with one attached hydrogen (secondary N) is 2. The zero-order chi connectivity index (χ0) is 13.0. The molecule has 0 unspecified atom stereocenters. The second kappa shape index (κ2) is 5.68. The van der Waals surface area contributed by atoms with Gasteiger partial charge < -0.3 is 10.1 Å². The predicted octanol–water partition coefficient (Wildman–Crippen LogP) is 2.25. The molecule has 0 saturated heterocycles. The number of rotatable bonds is 5. The molecule has 2 rings (SSSR count). The van der Waals surface area contributed by atoms with E-state index in [4.69, 9.17) is 16.3 Å². The second-order valence-electron chi connectivity index (χ2n) is 4.01. The summed E-state index contributed by atoms with van der Waals surface area (Å²) in [5, 5.41) is 17.2. The number of nitrogens with zero attached hydrogens (tertiary/aromatic N) is 3. The maximum absolute atomic E-state index is 5.98. The van der Waals surface area contributed by atoms with E-state index in [1.807, 2.05) is 26.0 Å². The Morgan fingerprint density at radius 2 is 2.28 bits per heavy atom. The number of aromatic nitrogens is 4. The Morgan fingerprint density at radius 1 is 1.44 bits per heavy atom. The molecule has 0 radical (unpaired) electrons. The van der Waals surface area contributed by atoms with Crippen molar-refractivity contribution >= 4 is 17.5 Å². The molecule has 1 heterocycles. The van der Waals surface area contributed by atoms with Gasteiger partial charge in [0.2, 0.25) is 0 Å². The van der Waals surface area contributed by atoms with E-state index < -0.39 is 0 Å². The molecule has 0 saturated carbocycles. The molecule has 7 heteroatoms. The van der Waals surface area contributed by atoms with Gasteiger partial charge in [0.15, 0.2) is 0 Å². The Balaban J connectivity index is 2.11. The van der Waals surface area contributed by atoms with Crippen LogP contribution in [0.5, 0.6) is 5.75 Å². The zero-order valence-corrected chi connectivity index (χ0v) is 10.9. The summed E-state index contributed by atoms with van der Waals surface area (Å²) >= 11 is 5.98. The van der Waals surface area contributed by atoms with E-state index in [0.29, 0.717) is 17.5 Å². The first-order valence-corrected chi connectivity index (χ1v) is 5.95. The summed E-state index contributed by atoms with van der Waals surface area (Å²) in [5.41, 5.74) is 0.945. The molecule has 0 fully saturated rings. The van der Waals surface area contributed by atoms with Gasteiger partial charge in [0, 0.05) is 17.1 Å². The molecule has 6 nitrogen and oxygen atoms in total. The lowest BCUT2D eigenvalue weighted by Gasteiger charge is -2.14. The molecule has 0 aliphatic rings. The van der Waals surface area contributed by atoms with Crippen LogP contribution in [0.3, 0.4) is 0 Å². The van der Waals surface area contributed by atoms with E-state index in [0.717, 1.165) is 11.3 Å². The molecule has 1 aromatic carbocycles. The normalized spacial score (nSPS) is 10.7. The Morgan fingerprint density at radius 3 is 2.94 bits per heavy atom. The van der Waals surface area contributed by atoms with Crippen LogP contribution in [0.25, 0.3) is 0 Å². The van der Waals surface area contributed by atoms with Crippen LogP contribution < -0.4 is 10.1 Å². The van der Waals surface area contributed by atoms with E-state index in [9.17, 15) is 0 Å². The minimum absolute atomic E-state index is 0.107. The van der Waals surface area contributed by atoms with Crippen molar-refractivity contribution in [3.63, 3.8) is 0 Å². The Labute approximate surface area is 110 Å². The lowest BCUT2D eigenvalue weighted by molar-refractivity contribution is 0.240. The van der Waals surface area contributed by atoms with Crippen molar-refractivity contribution in [1.82, 2.24) is 20.6 Å². The molecule has 0 bridgehead atoms. The summed E-state index contributed by atoms with van der Waals surface area (Å²) in [7, 11) is 0. The molecule has 0 amide bonds. The van der Waals surface area contributed by atoms with Crippen LogP contribution in [0.2, 0.25) is 5.02 Å². The largest absolute Gasteiger partial charge is 0.491 e. The fourth-order valence-corrected chi connectivity index (χ4v) is 1.66. The van der Waals surface area contributed by atoms with Crippen molar-refractivity contribution in [1.29, 1.82) is 0 Å². The van der Waals surface area contributed by atoms with Gasteiger partial charge in [0.1, 0.15) is 5.75 Å². The molecule has 0 aliphatic heterocycles. The molecular weight excluding hydrogens is 254 g/mol. The second-order valence-corrected chi connectivity index (χ2v) is 4.44. The van der Waals surface area contributed by atoms with Gasteiger partial charge in [-0.15, -0.1) is 5.10 Å². The van der Waals surface area contributed by atoms with Gasteiger partial charge in [0.05, 0.1) is 6.10 Å². The van der Waals surface area contributed by atoms with Crippen molar-refractivity contribution in [3.05, 3.63) is 28.8 Å². The van der Waals surface area contributed by atoms with E-state index in [-0.39, 0.29) is 6.10 Å². The fourth-order valence-electron chi connectivity index (χ4n) is 1.47. The van der Waals surface area contributed by atoms with Crippen LogP contribution in [0, 0.1) is 0 Å². The average molecular weight is 268 g/mol. The molecule has 0 spiro atoms. The highest BCUT2D eigenvalue weighted by atomic mass is 35.5.